The van der Waals surface area contributed by atoms with Crippen LogP contribution in [-0.4, -0.2) is 55.3 Å². The number of ketones is 1. The molecule has 2 aromatic heterocycles. The number of carbonyl (C=O) groups is 3. The van der Waals surface area contributed by atoms with Gasteiger partial charge < -0.3 is 14.8 Å². The van der Waals surface area contributed by atoms with E-state index in [0.717, 1.165) is 12.8 Å². The first-order valence-electron chi connectivity index (χ1n) is 8.40. The lowest BCUT2D eigenvalue weighted by Crippen LogP contribution is -2.42. The number of piperidine rings is 1. The van der Waals surface area contributed by atoms with Gasteiger partial charge in [0, 0.05) is 51.3 Å². The molecule has 26 heavy (non-hydrogen) atoms. The summed E-state index contributed by atoms with van der Waals surface area (Å²) < 4.78 is 1.70. The van der Waals surface area contributed by atoms with Crippen molar-refractivity contribution in [2.24, 2.45) is 13.0 Å². The maximum absolute atomic E-state index is 12.6. The number of nitrogens with one attached hydrogen (secondary N) is 1. The Morgan fingerprint density at radius 2 is 2.19 bits per heavy atom. The first-order chi connectivity index (χ1) is 12.5. The smallest absolute Gasteiger partial charge is 0.226 e. The van der Waals surface area contributed by atoms with E-state index < -0.39 is 0 Å². The van der Waals surface area contributed by atoms with Crippen LogP contribution in [0.25, 0.3) is 0 Å². The number of hydrogen-bond donors (Lipinski definition) is 1. The molecule has 1 fully saturated rings. The molecule has 0 bridgehead atoms. The molecule has 138 valence electrons. The first kappa shape index (κ1) is 18.2. The quantitative estimate of drug-likeness (QED) is 0.756. The molecular formula is C16H20N6O3S. The summed E-state index contributed by atoms with van der Waals surface area (Å²) in [5.41, 5.74) is 1.52. The highest BCUT2D eigenvalue weighted by Crippen LogP contribution is 2.21. The van der Waals surface area contributed by atoms with Crippen molar-refractivity contribution in [3.63, 3.8) is 0 Å². The maximum Gasteiger partial charge on any atom is 0.226 e. The van der Waals surface area contributed by atoms with Crippen LogP contribution < -0.4 is 5.32 Å². The van der Waals surface area contributed by atoms with E-state index >= 15 is 0 Å². The lowest BCUT2D eigenvalue weighted by atomic mass is 9.93. The Bertz CT molecular complexity index is 788. The number of nitrogens with zero attached hydrogens (tertiary/aromatic N) is 5. The van der Waals surface area contributed by atoms with Gasteiger partial charge in [-0.25, -0.2) is 4.98 Å². The molecule has 0 spiro atoms. The number of aryl methyl sites for hydroxylation is 1. The Hall–Kier alpha value is -2.62. The minimum atomic E-state index is -0.271. The molecule has 2 amide bonds. The van der Waals surface area contributed by atoms with E-state index in [2.05, 4.69) is 20.5 Å². The molecule has 0 radical (unpaired) electrons. The van der Waals surface area contributed by atoms with Gasteiger partial charge in [0.05, 0.1) is 0 Å². The third-order valence-corrected chi connectivity index (χ3v) is 4.97. The van der Waals surface area contributed by atoms with Crippen LogP contribution >= 0.6 is 11.3 Å². The van der Waals surface area contributed by atoms with Gasteiger partial charge in [0.25, 0.3) is 0 Å². The Balaban J connectivity index is 1.50. The van der Waals surface area contributed by atoms with Crippen molar-refractivity contribution in [2.75, 3.05) is 18.4 Å². The maximum atomic E-state index is 12.6. The molecular weight excluding hydrogens is 356 g/mol. The summed E-state index contributed by atoms with van der Waals surface area (Å²) in [5, 5.41) is 10.4. The number of rotatable bonds is 6. The van der Waals surface area contributed by atoms with E-state index in [0.29, 0.717) is 24.0 Å². The highest BCUT2D eigenvalue weighted by atomic mass is 32.1. The predicted molar refractivity (Wildman–Crippen MR) is 94.6 cm³/mol. The summed E-state index contributed by atoms with van der Waals surface area (Å²) in [7, 11) is 1.78. The SMILES string of the molecule is Cn1ccnc1C(=O)C1CCCN(C(=O)CCC(=O)Nc2nncs2)C1. The monoisotopic (exact) mass is 376 g/mol. The molecule has 0 aliphatic carbocycles. The summed E-state index contributed by atoms with van der Waals surface area (Å²) in [6, 6.07) is 0. The molecule has 1 unspecified atom stereocenters. The Kier molecular flexibility index (Phi) is 5.71. The van der Waals surface area contributed by atoms with Crippen molar-refractivity contribution in [1.29, 1.82) is 0 Å². The molecule has 10 heteroatoms. The molecule has 9 nitrogen and oxygen atoms in total. The molecule has 3 heterocycles. The number of Topliss-reactive ketones (excluding diaryl/α,β-unsaturated/α-hetero) is 1. The molecule has 0 aromatic carbocycles. The molecule has 2 aromatic rings. The van der Waals surface area contributed by atoms with Crippen molar-refractivity contribution in [3.8, 4) is 0 Å². The predicted octanol–water partition coefficient (Wildman–Crippen LogP) is 1.11. The largest absolute Gasteiger partial charge is 0.342 e. The van der Waals surface area contributed by atoms with Gasteiger partial charge in [-0.15, -0.1) is 10.2 Å². The van der Waals surface area contributed by atoms with E-state index in [1.54, 1.807) is 28.9 Å². The zero-order chi connectivity index (χ0) is 18.5. The van der Waals surface area contributed by atoms with Crippen molar-refractivity contribution in [2.45, 2.75) is 25.7 Å². The van der Waals surface area contributed by atoms with Crippen LogP contribution in [0, 0.1) is 5.92 Å². The summed E-state index contributed by atoms with van der Waals surface area (Å²) in [6.45, 7) is 0.990. The number of carbonyl (C=O) groups excluding carboxylic acids is 3. The van der Waals surface area contributed by atoms with Crippen LogP contribution in [0.4, 0.5) is 5.13 Å². The molecule has 1 aliphatic heterocycles. The zero-order valence-corrected chi connectivity index (χ0v) is 15.2. The topological polar surface area (TPSA) is 110 Å². The minimum Gasteiger partial charge on any atom is -0.342 e. The zero-order valence-electron chi connectivity index (χ0n) is 14.4. The average Bonchev–Trinajstić information content (AvgIpc) is 3.30. The third-order valence-electron chi connectivity index (χ3n) is 4.36. The van der Waals surface area contributed by atoms with Crippen molar-refractivity contribution < 1.29 is 14.4 Å². The van der Waals surface area contributed by atoms with Crippen LogP contribution in [0.1, 0.15) is 36.3 Å². The fourth-order valence-corrected chi connectivity index (χ4v) is 3.45. The number of amides is 2. The molecule has 1 aliphatic rings. The lowest BCUT2D eigenvalue weighted by molar-refractivity contribution is -0.134. The van der Waals surface area contributed by atoms with Gasteiger partial charge in [-0.1, -0.05) is 11.3 Å². The standard InChI is InChI=1S/C16H20N6O3S/c1-21-8-6-17-15(21)14(25)11-3-2-7-22(9-11)13(24)5-4-12(23)19-16-20-18-10-26-16/h6,8,10-11H,2-5,7,9H2,1H3,(H,19,20,23). The van der Waals surface area contributed by atoms with Gasteiger partial charge in [0.15, 0.2) is 5.82 Å². The second-order valence-corrected chi connectivity index (χ2v) is 7.03. The van der Waals surface area contributed by atoms with Crippen molar-refractivity contribution >= 4 is 34.1 Å². The molecule has 1 atom stereocenters. The highest BCUT2D eigenvalue weighted by molar-refractivity contribution is 7.13. The second kappa shape index (κ2) is 8.17. The molecule has 1 N–H and O–H groups in total. The van der Waals surface area contributed by atoms with Gasteiger partial charge in [-0.05, 0) is 12.8 Å². The second-order valence-electron chi connectivity index (χ2n) is 6.20. The summed E-state index contributed by atoms with van der Waals surface area (Å²) in [4.78, 5) is 42.6. The Labute approximate surface area is 154 Å². The summed E-state index contributed by atoms with van der Waals surface area (Å²) in [5.74, 6) is -0.253. The van der Waals surface area contributed by atoms with Crippen LogP contribution in [0.2, 0.25) is 0 Å². The van der Waals surface area contributed by atoms with E-state index in [1.165, 1.54) is 16.8 Å². The van der Waals surface area contributed by atoms with Gasteiger partial charge in [0.1, 0.15) is 5.51 Å². The molecule has 1 saturated heterocycles. The van der Waals surface area contributed by atoms with Crippen molar-refractivity contribution in [1.82, 2.24) is 24.6 Å². The van der Waals surface area contributed by atoms with Crippen LogP contribution in [0.3, 0.4) is 0 Å². The van der Waals surface area contributed by atoms with Crippen molar-refractivity contribution in [3.05, 3.63) is 23.7 Å². The normalized spacial score (nSPS) is 17.1. The Morgan fingerprint density at radius 1 is 1.35 bits per heavy atom. The van der Waals surface area contributed by atoms with E-state index in [-0.39, 0.29) is 36.4 Å². The summed E-state index contributed by atoms with van der Waals surface area (Å²) >= 11 is 1.22. The minimum absolute atomic E-state index is 0.0380. The van der Waals surface area contributed by atoms with Crippen LogP contribution in [0.5, 0.6) is 0 Å². The molecule has 0 saturated carbocycles. The van der Waals surface area contributed by atoms with Crippen LogP contribution in [0.15, 0.2) is 17.9 Å². The molecule has 3 rings (SSSR count). The average molecular weight is 376 g/mol. The van der Waals surface area contributed by atoms with Gasteiger partial charge in [0.2, 0.25) is 22.7 Å². The van der Waals surface area contributed by atoms with Gasteiger partial charge >= 0.3 is 0 Å². The number of likely N-dealkylation sites (tertiary alicyclic amines) is 1. The lowest BCUT2D eigenvalue weighted by Gasteiger charge is -2.32. The van der Waals surface area contributed by atoms with Gasteiger partial charge in [-0.2, -0.15) is 0 Å². The Morgan fingerprint density at radius 3 is 2.88 bits per heavy atom. The van der Waals surface area contributed by atoms with E-state index in [1.807, 2.05) is 0 Å². The number of imidazole rings is 1. The number of anilines is 1. The van der Waals surface area contributed by atoms with Gasteiger partial charge in [-0.3, -0.25) is 14.4 Å². The number of aromatic nitrogens is 4. The summed E-state index contributed by atoms with van der Waals surface area (Å²) in [6.07, 6.45) is 5.02. The van der Waals surface area contributed by atoms with E-state index in [9.17, 15) is 14.4 Å². The fourth-order valence-electron chi connectivity index (χ4n) is 2.99. The first-order valence-corrected chi connectivity index (χ1v) is 9.28. The number of hydrogen-bond acceptors (Lipinski definition) is 7. The fraction of sp³-hybridized carbons (Fsp3) is 0.500. The van der Waals surface area contributed by atoms with E-state index in [4.69, 9.17) is 0 Å². The third kappa shape index (κ3) is 4.31. The van der Waals surface area contributed by atoms with Crippen LogP contribution in [-0.2, 0) is 16.6 Å². The highest BCUT2D eigenvalue weighted by Gasteiger charge is 2.30.